The van der Waals surface area contributed by atoms with Gasteiger partial charge in [0.2, 0.25) is 6.29 Å². The molecule has 0 amide bonds. The molecule has 1 fully saturated rings. The molecule has 0 bridgehead atoms. The summed E-state index contributed by atoms with van der Waals surface area (Å²) >= 11 is 0. The van der Waals surface area contributed by atoms with Crippen LogP contribution < -0.4 is 0 Å². The molecule has 0 radical (unpaired) electrons. The van der Waals surface area contributed by atoms with Crippen molar-refractivity contribution in [3.8, 4) is 0 Å². The highest BCUT2D eigenvalue weighted by Gasteiger charge is 2.46. The van der Waals surface area contributed by atoms with E-state index in [0.717, 1.165) is 12.1 Å². The van der Waals surface area contributed by atoms with Gasteiger partial charge in [0.1, 0.15) is 24.4 Å². The van der Waals surface area contributed by atoms with Gasteiger partial charge in [-0.3, -0.25) is 0 Å². The van der Waals surface area contributed by atoms with Gasteiger partial charge in [0.25, 0.3) is 0 Å². The van der Waals surface area contributed by atoms with E-state index >= 15 is 0 Å². The van der Waals surface area contributed by atoms with Gasteiger partial charge in [0.15, 0.2) is 0 Å². The summed E-state index contributed by atoms with van der Waals surface area (Å²) in [6.45, 7) is -0.766. The molecular formula is C14H15F3O7. The minimum atomic E-state index is -4.80. The zero-order valence-electron chi connectivity index (χ0n) is 12.1. The zero-order valence-corrected chi connectivity index (χ0v) is 12.1. The molecule has 1 aromatic rings. The third kappa shape index (κ3) is 3.68. The van der Waals surface area contributed by atoms with E-state index in [1.807, 2.05) is 0 Å². The summed E-state index contributed by atoms with van der Waals surface area (Å²) in [6.07, 6.45) is -13.4. The molecule has 0 aromatic heterocycles. The van der Waals surface area contributed by atoms with Crippen molar-refractivity contribution in [3.63, 3.8) is 0 Å². The third-order valence-electron chi connectivity index (χ3n) is 3.52. The summed E-state index contributed by atoms with van der Waals surface area (Å²) in [5.74, 6) is -1.44. The van der Waals surface area contributed by atoms with E-state index in [0.29, 0.717) is 6.07 Å². The maximum Gasteiger partial charge on any atom is 0.417 e. The van der Waals surface area contributed by atoms with Gasteiger partial charge in [-0.05, 0) is 12.1 Å². The highest BCUT2D eigenvalue weighted by molar-refractivity contribution is 5.91. The molecule has 1 aromatic carbocycles. The van der Waals surface area contributed by atoms with Crippen LogP contribution >= 0.6 is 0 Å². The minimum absolute atomic E-state index is 0.684. The Balaban J connectivity index is 2.21. The smallest absolute Gasteiger partial charge is 0.417 e. The van der Waals surface area contributed by atoms with Crippen LogP contribution in [0.25, 0.3) is 0 Å². The quantitative estimate of drug-likeness (QED) is 0.550. The van der Waals surface area contributed by atoms with Crippen molar-refractivity contribution >= 4 is 5.97 Å². The molecular weight excluding hydrogens is 337 g/mol. The lowest BCUT2D eigenvalue weighted by atomic mass is 9.99. The maximum atomic E-state index is 12.9. The van der Waals surface area contributed by atoms with Crippen LogP contribution in [0.5, 0.6) is 0 Å². The van der Waals surface area contributed by atoms with Gasteiger partial charge in [-0.15, -0.1) is 0 Å². The van der Waals surface area contributed by atoms with Gasteiger partial charge in [-0.2, -0.15) is 13.2 Å². The number of benzene rings is 1. The molecule has 5 atom stereocenters. The molecule has 0 saturated carbocycles. The SMILES string of the molecule is O=C(O[C@@H]1O[C@H](CO)[C@@H](O)[C@H](O)[C@H]1O)c1ccccc1C(F)(F)F. The Kier molecular flexibility index (Phi) is 5.45. The van der Waals surface area contributed by atoms with Crippen molar-refractivity contribution in [2.75, 3.05) is 6.61 Å². The number of hydrogen-bond acceptors (Lipinski definition) is 7. The Hall–Kier alpha value is -1.72. The van der Waals surface area contributed by atoms with Crippen LogP contribution in [0, 0.1) is 0 Å². The van der Waals surface area contributed by atoms with Crippen LogP contribution in [-0.2, 0) is 15.7 Å². The molecule has 0 aliphatic carbocycles. The standard InChI is InChI=1S/C14H15F3O7/c15-14(16,17)7-4-2-1-3-6(7)12(22)24-13-11(21)10(20)9(19)8(5-18)23-13/h1-4,8-11,13,18-21H,5H2/t8-,9-,10+,11-,13+/m1/s1. The molecule has 1 aliphatic heterocycles. The topological polar surface area (TPSA) is 116 Å². The van der Waals surface area contributed by atoms with E-state index in [-0.39, 0.29) is 0 Å². The highest BCUT2D eigenvalue weighted by Crippen LogP contribution is 2.32. The van der Waals surface area contributed by atoms with Gasteiger partial charge in [0.05, 0.1) is 17.7 Å². The Morgan fingerprint density at radius 1 is 1.12 bits per heavy atom. The summed E-state index contributed by atoms with van der Waals surface area (Å²) in [5.41, 5.74) is -2.04. The lowest BCUT2D eigenvalue weighted by Crippen LogP contribution is -2.59. The second-order valence-electron chi connectivity index (χ2n) is 5.15. The number of rotatable bonds is 3. The van der Waals surface area contributed by atoms with Crippen LogP contribution in [0.3, 0.4) is 0 Å². The average Bonchev–Trinajstić information content (AvgIpc) is 2.54. The van der Waals surface area contributed by atoms with Crippen molar-refractivity contribution in [2.45, 2.75) is 36.9 Å². The fourth-order valence-corrected chi connectivity index (χ4v) is 2.24. The van der Waals surface area contributed by atoms with Crippen LogP contribution in [0.2, 0.25) is 0 Å². The summed E-state index contributed by atoms with van der Waals surface area (Å²) in [4.78, 5) is 12.0. The second kappa shape index (κ2) is 7.03. The van der Waals surface area contributed by atoms with Crippen molar-refractivity contribution in [1.82, 2.24) is 0 Å². The van der Waals surface area contributed by atoms with E-state index < -0.39 is 60.6 Å². The average molecular weight is 352 g/mol. The summed E-state index contributed by atoms with van der Waals surface area (Å²) < 4.78 is 48.3. The highest BCUT2D eigenvalue weighted by atomic mass is 19.4. The maximum absolute atomic E-state index is 12.9. The molecule has 7 nitrogen and oxygen atoms in total. The predicted octanol–water partition coefficient (Wildman–Crippen LogP) is -0.338. The first-order valence-corrected chi connectivity index (χ1v) is 6.84. The molecule has 4 N–H and O–H groups in total. The summed E-state index contributed by atoms with van der Waals surface area (Å²) in [5, 5.41) is 37.9. The van der Waals surface area contributed by atoms with Crippen molar-refractivity contribution < 1.29 is 47.9 Å². The first-order chi connectivity index (χ1) is 11.2. The number of aliphatic hydroxyl groups is 4. The molecule has 2 rings (SSSR count). The number of alkyl halides is 3. The monoisotopic (exact) mass is 352 g/mol. The summed E-state index contributed by atoms with van der Waals surface area (Å²) in [7, 11) is 0. The van der Waals surface area contributed by atoms with E-state index in [4.69, 9.17) is 9.84 Å². The van der Waals surface area contributed by atoms with E-state index in [1.165, 1.54) is 6.07 Å². The summed E-state index contributed by atoms with van der Waals surface area (Å²) in [6, 6.07) is 3.85. The van der Waals surface area contributed by atoms with Gasteiger partial charge >= 0.3 is 12.1 Å². The lowest BCUT2D eigenvalue weighted by Gasteiger charge is -2.39. The number of halogens is 3. The Labute approximate surface area is 133 Å². The van der Waals surface area contributed by atoms with Gasteiger partial charge < -0.3 is 29.9 Å². The molecule has 0 spiro atoms. The minimum Gasteiger partial charge on any atom is -0.429 e. The van der Waals surface area contributed by atoms with Gasteiger partial charge in [-0.1, -0.05) is 12.1 Å². The third-order valence-corrected chi connectivity index (χ3v) is 3.52. The van der Waals surface area contributed by atoms with Gasteiger partial charge in [0, 0.05) is 0 Å². The predicted molar refractivity (Wildman–Crippen MR) is 70.6 cm³/mol. The molecule has 1 saturated heterocycles. The Bertz CT molecular complexity index is 590. The van der Waals surface area contributed by atoms with E-state index in [9.17, 15) is 33.3 Å². The number of ether oxygens (including phenoxy) is 2. The normalized spacial score (nSPS) is 30.9. The second-order valence-corrected chi connectivity index (χ2v) is 5.15. The molecule has 0 unspecified atom stereocenters. The van der Waals surface area contributed by atoms with E-state index in [1.54, 1.807) is 0 Å². The molecule has 1 aliphatic rings. The first-order valence-electron chi connectivity index (χ1n) is 6.84. The van der Waals surface area contributed by atoms with Crippen LogP contribution in [-0.4, -0.2) is 63.7 Å². The van der Waals surface area contributed by atoms with Crippen molar-refractivity contribution in [3.05, 3.63) is 35.4 Å². The van der Waals surface area contributed by atoms with Crippen LogP contribution in [0.15, 0.2) is 24.3 Å². The Morgan fingerprint density at radius 2 is 1.75 bits per heavy atom. The fraction of sp³-hybridized carbons (Fsp3) is 0.500. The molecule has 1 heterocycles. The fourth-order valence-electron chi connectivity index (χ4n) is 2.24. The van der Waals surface area contributed by atoms with Crippen molar-refractivity contribution in [2.24, 2.45) is 0 Å². The number of carbonyl (C=O) groups is 1. The van der Waals surface area contributed by atoms with Crippen molar-refractivity contribution in [1.29, 1.82) is 0 Å². The first kappa shape index (κ1) is 18.6. The van der Waals surface area contributed by atoms with Gasteiger partial charge in [-0.25, -0.2) is 4.79 Å². The number of aliphatic hydroxyl groups excluding tert-OH is 4. The van der Waals surface area contributed by atoms with Crippen LogP contribution in [0.4, 0.5) is 13.2 Å². The molecule has 24 heavy (non-hydrogen) atoms. The number of hydrogen-bond donors (Lipinski definition) is 4. The number of esters is 1. The lowest BCUT2D eigenvalue weighted by molar-refractivity contribution is -0.285. The zero-order chi connectivity index (χ0) is 18.1. The van der Waals surface area contributed by atoms with Crippen LogP contribution in [0.1, 0.15) is 15.9 Å². The molecule has 134 valence electrons. The van der Waals surface area contributed by atoms with E-state index in [2.05, 4.69) is 4.74 Å². The number of carbonyl (C=O) groups excluding carboxylic acids is 1. The largest absolute Gasteiger partial charge is 0.429 e. The molecule has 10 heteroatoms. The Morgan fingerprint density at radius 3 is 2.33 bits per heavy atom.